The maximum Gasteiger partial charge on any atom is 0.0671 e. The first-order chi connectivity index (χ1) is 9.22. The molecular weight excluding hydrogens is 234 g/mol. The first kappa shape index (κ1) is 13.7. The van der Waals surface area contributed by atoms with Gasteiger partial charge < -0.3 is 5.32 Å². The number of hydrogen-bond donors (Lipinski definition) is 1. The topological polar surface area (TPSA) is 29.9 Å². The van der Waals surface area contributed by atoms with Gasteiger partial charge in [0, 0.05) is 31.0 Å². The van der Waals surface area contributed by atoms with Crippen molar-refractivity contribution in [2.24, 2.45) is 7.05 Å². The molecule has 3 nitrogen and oxygen atoms in total. The number of aromatic nitrogens is 2. The summed E-state index contributed by atoms with van der Waals surface area (Å²) in [5, 5.41) is 7.92. The zero-order valence-electron chi connectivity index (χ0n) is 12.1. The maximum absolute atomic E-state index is 4.46. The van der Waals surface area contributed by atoms with E-state index in [1.807, 2.05) is 11.7 Å². The Morgan fingerprint density at radius 3 is 2.53 bits per heavy atom. The molecule has 0 unspecified atom stereocenters. The Labute approximate surface area is 115 Å². The van der Waals surface area contributed by atoms with E-state index in [9.17, 15) is 0 Å². The van der Waals surface area contributed by atoms with Gasteiger partial charge in [0.1, 0.15) is 0 Å². The summed E-state index contributed by atoms with van der Waals surface area (Å²) in [6.07, 6.45) is 5.43. The fraction of sp³-hybridized carbons (Fsp3) is 0.438. The van der Waals surface area contributed by atoms with Crippen LogP contribution in [-0.2, 0) is 26.4 Å². The second-order valence-electron chi connectivity index (χ2n) is 4.93. The highest BCUT2D eigenvalue weighted by Crippen LogP contribution is 2.14. The van der Waals surface area contributed by atoms with Gasteiger partial charge in [-0.3, -0.25) is 4.68 Å². The molecule has 0 saturated carbocycles. The van der Waals surface area contributed by atoms with E-state index in [0.717, 1.165) is 19.4 Å². The molecule has 1 aromatic heterocycles. The third-order valence-corrected chi connectivity index (χ3v) is 3.30. The third kappa shape index (κ3) is 3.60. The number of nitrogens with one attached hydrogen (secondary N) is 1. The summed E-state index contributed by atoms with van der Waals surface area (Å²) < 4.78 is 1.89. The minimum atomic E-state index is 0.837. The number of benzene rings is 1. The van der Waals surface area contributed by atoms with Crippen LogP contribution in [0, 0.1) is 0 Å². The van der Waals surface area contributed by atoms with Gasteiger partial charge in [0.15, 0.2) is 0 Å². The molecule has 1 N–H and O–H groups in total. The number of nitrogens with zero attached hydrogens (tertiary/aromatic N) is 2. The molecular formula is C16H23N3. The molecule has 2 aromatic rings. The Morgan fingerprint density at radius 2 is 1.89 bits per heavy atom. The molecule has 1 aromatic carbocycles. The Balaban J connectivity index is 1.97. The fourth-order valence-electron chi connectivity index (χ4n) is 2.30. The number of anilines is 1. The van der Waals surface area contributed by atoms with Crippen LogP contribution in [0.3, 0.4) is 0 Å². The van der Waals surface area contributed by atoms with Crippen LogP contribution in [0.15, 0.2) is 30.5 Å². The lowest BCUT2D eigenvalue weighted by Crippen LogP contribution is -2.01. The van der Waals surface area contributed by atoms with Crippen molar-refractivity contribution in [3.63, 3.8) is 0 Å². The lowest BCUT2D eigenvalue weighted by Gasteiger charge is -2.07. The first-order valence-electron chi connectivity index (χ1n) is 7.07. The molecule has 1 heterocycles. The summed E-state index contributed by atoms with van der Waals surface area (Å²) in [5.74, 6) is 0. The molecule has 3 heteroatoms. The Hall–Kier alpha value is -1.77. The van der Waals surface area contributed by atoms with E-state index in [4.69, 9.17) is 0 Å². The molecule has 0 bridgehead atoms. The minimum absolute atomic E-state index is 0.837. The van der Waals surface area contributed by atoms with Crippen LogP contribution in [-0.4, -0.2) is 9.78 Å². The van der Waals surface area contributed by atoms with Crippen LogP contribution in [0.2, 0.25) is 0 Å². The van der Waals surface area contributed by atoms with Crippen LogP contribution in [0.4, 0.5) is 5.69 Å². The molecule has 0 aliphatic rings. The summed E-state index contributed by atoms with van der Waals surface area (Å²) in [4.78, 5) is 0. The fourth-order valence-corrected chi connectivity index (χ4v) is 2.30. The lowest BCUT2D eigenvalue weighted by atomic mass is 10.1. The summed E-state index contributed by atoms with van der Waals surface area (Å²) in [6, 6.07) is 8.73. The van der Waals surface area contributed by atoms with Crippen molar-refractivity contribution in [2.45, 2.75) is 39.7 Å². The molecule has 0 fully saturated rings. The number of rotatable bonds is 6. The van der Waals surface area contributed by atoms with Gasteiger partial charge in [-0.15, -0.1) is 0 Å². The molecule has 19 heavy (non-hydrogen) atoms. The SMILES string of the molecule is CCCc1ccc(NCc2cn(C)nc2CC)cc1. The van der Waals surface area contributed by atoms with E-state index in [2.05, 4.69) is 54.7 Å². The van der Waals surface area contributed by atoms with Crippen LogP contribution in [0.5, 0.6) is 0 Å². The zero-order chi connectivity index (χ0) is 13.7. The van der Waals surface area contributed by atoms with Crippen molar-refractivity contribution in [1.29, 1.82) is 0 Å². The van der Waals surface area contributed by atoms with Crippen molar-refractivity contribution in [3.05, 3.63) is 47.3 Å². The van der Waals surface area contributed by atoms with Gasteiger partial charge in [-0.05, 0) is 30.5 Å². The highest BCUT2D eigenvalue weighted by molar-refractivity contribution is 5.45. The summed E-state index contributed by atoms with van der Waals surface area (Å²) in [5.41, 5.74) is 5.04. The van der Waals surface area contributed by atoms with Crippen molar-refractivity contribution in [3.8, 4) is 0 Å². The molecule has 0 spiro atoms. The first-order valence-corrected chi connectivity index (χ1v) is 7.07. The minimum Gasteiger partial charge on any atom is -0.381 e. The maximum atomic E-state index is 4.46. The van der Waals surface area contributed by atoms with Gasteiger partial charge in [0.2, 0.25) is 0 Å². The van der Waals surface area contributed by atoms with Crippen molar-refractivity contribution in [2.75, 3.05) is 5.32 Å². The van der Waals surface area contributed by atoms with E-state index < -0.39 is 0 Å². The van der Waals surface area contributed by atoms with Crippen molar-refractivity contribution >= 4 is 5.69 Å². The molecule has 0 saturated heterocycles. The van der Waals surface area contributed by atoms with Gasteiger partial charge in [-0.1, -0.05) is 32.4 Å². The van der Waals surface area contributed by atoms with E-state index in [1.165, 1.54) is 28.9 Å². The predicted octanol–water partition coefficient (Wildman–Crippen LogP) is 3.55. The van der Waals surface area contributed by atoms with Gasteiger partial charge >= 0.3 is 0 Å². The van der Waals surface area contributed by atoms with Gasteiger partial charge in [0.05, 0.1) is 5.69 Å². The standard InChI is InChI=1S/C16H23N3/c1-4-6-13-7-9-15(10-8-13)17-11-14-12-19(3)18-16(14)5-2/h7-10,12,17H,4-6,11H2,1-3H3. The van der Waals surface area contributed by atoms with Gasteiger partial charge in [0.25, 0.3) is 0 Å². The predicted molar refractivity (Wildman–Crippen MR) is 80.3 cm³/mol. The number of hydrogen-bond acceptors (Lipinski definition) is 2. The average Bonchev–Trinajstić information content (AvgIpc) is 2.79. The third-order valence-electron chi connectivity index (χ3n) is 3.30. The monoisotopic (exact) mass is 257 g/mol. The summed E-state index contributed by atoms with van der Waals surface area (Å²) in [6.45, 7) is 5.19. The smallest absolute Gasteiger partial charge is 0.0671 e. The van der Waals surface area contributed by atoms with Crippen LogP contribution >= 0.6 is 0 Å². The van der Waals surface area contributed by atoms with Crippen LogP contribution in [0.25, 0.3) is 0 Å². The highest BCUT2D eigenvalue weighted by Gasteiger charge is 2.05. The molecule has 0 aliphatic heterocycles. The van der Waals surface area contributed by atoms with Gasteiger partial charge in [-0.2, -0.15) is 5.10 Å². The normalized spacial score (nSPS) is 10.7. The van der Waals surface area contributed by atoms with E-state index in [1.54, 1.807) is 0 Å². The largest absolute Gasteiger partial charge is 0.381 e. The molecule has 0 aliphatic carbocycles. The lowest BCUT2D eigenvalue weighted by molar-refractivity contribution is 0.746. The molecule has 2 rings (SSSR count). The van der Waals surface area contributed by atoms with Crippen LogP contribution in [0.1, 0.15) is 37.1 Å². The molecule has 102 valence electrons. The van der Waals surface area contributed by atoms with Crippen LogP contribution < -0.4 is 5.32 Å². The summed E-state index contributed by atoms with van der Waals surface area (Å²) >= 11 is 0. The van der Waals surface area contributed by atoms with Crippen molar-refractivity contribution < 1.29 is 0 Å². The Morgan fingerprint density at radius 1 is 1.16 bits per heavy atom. The molecule has 0 amide bonds. The Bertz CT molecular complexity index is 511. The van der Waals surface area contributed by atoms with E-state index in [0.29, 0.717) is 0 Å². The Kier molecular flexibility index (Phi) is 4.61. The van der Waals surface area contributed by atoms with Gasteiger partial charge in [-0.25, -0.2) is 0 Å². The molecule has 0 atom stereocenters. The van der Waals surface area contributed by atoms with Crippen molar-refractivity contribution in [1.82, 2.24) is 9.78 Å². The second kappa shape index (κ2) is 6.41. The highest BCUT2D eigenvalue weighted by atomic mass is 15.3. The van der Waals surface area contributed by atoms with E-state index >= 15 is 0 Å². The quantitative estimate of drug-likeness (QED) is 0.857. The second-order valence-corrected chi connectivity index (χ2v) is 4.93. The summed E-state index contributed by atoms with van der Waals surface area (Å²) in [7, 11) is 1.97. The zero-order valence-corrected chi connectivity index (χ0v) is 12.1. The average molecular weight is 257 g/mol. The number of aryl methyl sites for hydroxylation is 3. The molecule has 0 radical (unpaired) electrons. The van der Waals surface area contributed by atoms with E-state index in [-0.39, 0.29) is 0 Å².